The molecule has 7 heteroatoms. The van der Waals surface area contributed by atoms with Crippen molar-refractivity contribution in [3.63, 3.8) is 0 Å². The molecule has 1 atom stereocenters. The number of thiophene rings is 1. The highest BCUT2D eigenvalue weighted by molar-refractivity contribution is 7.19. The van der Waals surface area contributed by atoms with Gasteiger partial charge in [0.25, 0.3) is 6.47 Å². The molecule has 1 aromatic heterocycles. The van der Waals surface area contributed by atoms with Crippen molar-refractivity contribution < 1.29 is 24.1 Å². The van der Waals surface area contributed by atoms with Crippen LogP contribution in [0, 0.1) is 0 Å². The number of nitrogens with two attached hydrogens (primary N) is 1. The quantitative estimate of drug-likeness (QED) is 0.755. The van der Waals surface area contributed by atoms with Gasteiger partial charge in [0.1, 0.15) is 18.1 Å². The zero-order valence-electron chi connectivity index (χ0n) is 11.8. The van der Waals surface area contributed by atoms with Gasteiger partial charge >= 0.3 is 0 Å². The van der Waals surface area contributed by atoms with Gasteiger partial charge < -0.3 is 25.1 Å². The monoisotopic (exact) mass is 311 g/mol. The van der Waals surface area contributed by atoms with Crippen molar-refractivity contribution in [2.24, 2.45) is 5.73 Å². The van der Waals surface area contributed by atoms with Crippen LogP contribution in [0.25, 0.3) is 10.1 Å². The minimum atomic E-state index is -0.840. The number of rotatable bonds is 7. The van der Waals surface area contributed by atoms with Gasteiger partial charge in [-0.2, -0.15) is 0 Å². The van der Waals surface area contributed by atoms with E-state index in [4.69, 9.17) is 19.9 Å². The van der Waals surface area contributed by atoms with E-state index in [9.17, 15) is 9.90 Å². The topological polar surface area (TPSA) is 91.0 Å². The van der Waals surface area contributed by atoms with Gasteiger partial charge in [-0.25, -0.2) is 0 Å². The van der Waals surface area contributed by atoms with Crippen molar-refractivity contribution in [1.82, 2.24) is 0 Å². The fourth-order valence-electron chi connectivity index (χ4n) is 2.16. The lowest BCUT2D eigenvalue weighted by Gasteiger charge is -2.16. The normalized spacial score (nSPS) is 12.2. The predicted molar refractivity (Wildman–Crippen MR) is 79.8 cm³/mol. The third kappa shape index (κ3) is 2.94. The molecule has 0 saturated carbocycles. The fourth-order valence-corrected chi connectivity index (χ4v) is 3.23. The highest BCUT2D eigenvalue weighted by Gasteiger charge is 2.20. The second-order valence-corrected chi connectivity index (χ2v) is 5.45. The van der Waals surface area contributed by atoms with Gasteiger partial charge in [-0.05, 0) is 12.1 Å². The first-order valence-electron chi connectivity index (χ1n) is 6.26. The summed E-state index contributed by atoms with van der Waals surface area (Å²) in [7, 11) is 3.09. The lowest BCUT2D eigenvalue weighted by Crippen LogP contribution is -2.12. The summed E-state index contributed by atoms with van der Waals surface area (Å²) in [4.78, 5) is 11.2. The molecule has 1 unspecified atom stereocenters. The fraction of sp³-hybridized carbons (Fsp3) is 0.357. The van der Waals surface area contributed by atoms with Crippen molar-refractivity contribution in [3.8, 4) is 11.5 Å². The number of aliphatic hydroxyl groups excluding tert-OH is 1. The molecule has 1 heterocycles. The molecule has 0 aliphatic heterocycles. The maximum Gasteiger partial charge on any atom is 0.293 e. The summed E-state index contributed by atoms with van der Waals surface area (Å²) in [5, 5.41) is 10.8. The smallest absolute Gasteiger partial charge is 0.293 e. The van der Waals surface area contributed by atoms with Gasteiger partial charge in [0.2, 0.25) is 0 Å². The van der Waals surface area contributed by atoms with E-state index in [1.54, 1.807) is 13.2 Å². The molecular formula is C14H17NO5S. The van der Waals surface area contributed by atoms with Gasteiger partial charge in [-0.3, -0.25) is 4.79 Å². The Balaban J connectivity index is 2.64. The summed E-state index contributed by atoms with van der Waals surface area (Å²) in [5.74, 6) is 1.17. The first kappa shape index (κ1) is 15.6. The van der Waals surface area contributed by atoms with Crippen LogP contribution >= 0.6 is 11.3 Å². The molecular weight excluding hydrogens is 294 g/mol. The number of carbonyl (C=O) groups is 1. The third-order valence-electron chi connectivity index (χ3n) is 3.10. The summed E-state index contributed by atoms with van der Waals surface area (Å²) < 4.78 is 16.4. The maximum atomic E-state index is 10.3. The molecule has 0 amide bonds. The van der Waals surface area contributed by atoms with Crippen LogP contribution in [-0.4, -0.2) is 32.3 Å². The van der Waals surface area contributed by atoms with Crippen molar-refractivity contribution in [3.05, 3.63) is 22.6 Å². The summed E-state index contributed by atoms with van der Waals surface area (Å²) in [6.45, 7) is 0.669. The zero-order chi connectivity index (χ0) is 15.4. The van der Waals surface area contributed by atoms with Crippen molar-refractivity contribution in [2.45, 2.75) is 12.7 Å². The SMILES string of the molecule is COc1c(C(O)CN)cc(OC)c2sc(COC=O)cc12. The Morgan fingerprint density at radius 1 is 1.38 bits per heavy atom. The molecule has 2 rings (SSSR count). The Bertz CT molecular complexity index is 640. The molecule has 0 spiro atoms. The second-order valence-electron chi connectivity index (χ2n) is 4.32. The first-order chi connectivity index (χ1) is 10.2. The molecule has 0 aliphatic rings. The molecule has 1 aromatic carbocycles. The Hall–Kier alpha value is -1.83. The van der Waals surface area contributed by atoms with Gasteiger partial charge in [0, 0.05) is 22.4 Å². The number of ether oxygens (including phenoxy) is 3. The van der Waals surface area contributed by atoms with Gasteiger partial charge in [0.15, 0.2) is 0 Å². The number of fused-ring (bicyclic) bond motifs is 1. The zero-order valence-corrected chi connectivity index (χ0v) is 12.6. The van der Waals surface area contributed by atoms with Crippen LogP contribution in [0.2, 0.25) is 0 Å². The van der Waals surface area contributed by atoms with Gasteiger partial charge in [0.05, 0.1) is 25.0 Å². The predicted octanol–water partition coefficient (Wildman–Crippen LogP) is 1.58. The first-order valence-corrected chi connectivity index (χ1v) is 7.08. The molecule has 0 saturated heterocycles. The molecule has 21 heavy (non-hydrogen) atoms. The Labute approximate surface area is 126 Å². The van der Waals surface area contributed by atoms with E-state index in [0.717, 1.165) is 15.0 Å². The van der Waals surface area contributed by atoms with E-state index in [0.29, 0.717) is 23.5 Å². The summed E-state index contributed by atoms with van der Waals surface area (Å²) in [6.07, 6.45) is -0.840. The number of carbonyl (C=O) groups excluding carboxylic acids is 1. The Kier molecular flexibility index (Phi) is 5.00. The minimum Gasteiger partial charge on any atom is -0.496 e. The van der Waals surface area contributed by atoms with Crippen molar-refractivity contribution >= 4 is 27.9 Å². The number of hydrogen-bond donors (Lipinski definition) is 2. The average molecular weight is 311 g/mol. The molecule has 0 radical (unpaired) electrons. The van der Waals surface area contributed by atoms with Crippen LogP contribution in [0.5, 0.6) is 11.5 Å². The van der Waals surface area contributed by atoms with E-state index >= 15 is 0 Å². The Morgan fingerprint density at radius 2 is 2.14 bits per heavy atom. The second kappa shape index (κ2) is 6.75. The van der Waals surface area contributed by atoms with E-state index in [-0.39, 0.29) is 13.2 Å². The summed E-state index contributed by atoms with van der Waals surface area (Å²) >= 11 is 1.44. The number of hydrogen-bond acceptors (Lipinski definition) is 7. The van der Waals surface area contributed by atoms with Crippen molar-refractivity contribution in [2.75, 3.05) is 20.8 Å². The van der Waals surface area contributed by atoms with E-state index in [1.807, 2.05) is 6.07 Å². The van der Waals surface area contributed by atoms with Crippen LogP contribution in [0.4, 0.5) is 0 Å². The molecule has 2 aromatic rings. The lowest BCUT2D eigenvalue weighted by molar-refractivity contribution is -0.129. The molecule has 0 fully saturated rings. The average Bonchev–Trinajstić information content (AvgIpc) is 2.94. The summed E-state index contributed by atoms with van der Waals surface area (Å²) in [6, 6.07) is 3.58. The number of aliphatic hydroxyl groups is 1. The van der Waals surface area contributed by atoms with Gasteiger partial charge in [-0.1, -0.05) is 0 Å². The standard InChI is InChI=1S/C14H17NO5S/c1-18-12-4-9(11(17)5-15)13(19-2)10-3-8(6-20-7-16)21-14(10)12/h3-4,7,11,17H,5-6,15H2,1-2H3. The lowest BCUT2D eigenvalue weighted by atomic mass is 10.0. The van der Waals surface area contributed by atoms with E-state index in [2.05, 4.69) is 0 Å². The molecule has 114 valence electrons. The molecule has 0 aliphatic carbocycles. The molecule has 3 N–H and O–H groups in total. The highest BCUT2D eigenvalue weighted by atomic mass is 32.1. The Morgan fingerprint density at radius 3 is 2.71 bits per heavy atom. The molecule has 0 bridgehead atoms. The molecule has 6 nitrogen and oxygen atoms in total. The number of benzene rings is 1. The van der Waals surface area contributed by atoms with Crippen LogP contribution in [0.3, 0.4) is 0 Å². The van der Waals surface area contributed by atoms with Gasteiger partial charge in [-0.15, -0.1) is 11.3 Å². The van der Waals surface area contributed by atoms with Crippen LogP contribution < -0.4 is 15.2 Å². The van der Waals surface area contributed by atoms with E-state index in [1.165, 1.54) is 18.4 Å². The highest BCUT2D eigenvalue weighted by Crippen LogP contribution is 2.43. The number of methoxy groups -OCH3 is 2. The largest absolute Gasteiger partial charge is 0.496 e. The van der Waals surface area contributed by atoms with Crippen LogP contribution in [0.1, 0.15) is 16.5 Å². The summed E-state index contributed by atoms with van der Waals surface area (Å²) in [5.41, 5.74) is 6.11. The van der Waals surface area contributed by atoms with E-state index < -0.39 is 6.10 Å². The minimum absolute atomic E-state index is 0.0796. The maximum absolute atomic E-state index is 10.3. The van der Waals surface area contributed by atoms with Crippen LogP contribution in [-0.2, 0) is 16.1 Å². The van der Waals surface area contributed by atoms with Crippen LogP contribution in [0.15, 0.2) is 12.1 Å². The van der Waals surface area contributed by atoms with Crippen molar-refractivity contribution in [1.29, 1.82) is 0 Å². The third-order valence-corrected chi connectivity index (χ3v) is 4.22.